The number of allylic oxidation sites excluding steroid dienone is 2. The van der Waals surface area contributed by atoms with Crippen molar-refractivity contribution in [1.29, 1.82) is 0 Å². The summed E-state index contributed by atoms with van der Waals surface area (Å²) in [6.45, 7) is 0. The summed E-state index contributed by atoms with van der Waals surface area (Å²) in [5, 5.41) is 1.05. The van der Waals surface area contributed by atoms with E-state index in [0.717, 1.165) is 33.4 Å². The number of carbonyl (C=O) groups excluding carboxylic acids is 2. The smallest absolute Gasteiger partial charge is 0.194 e. The fourth-order valence-corrected chi connectivity index (χ4v) is 5.16. The van der Waals surface area contributed by atoms with Crippen LogP contribution in [0.4, 0.5) is 0 Å². The van der Waals surface area contributed by atoms with E-state index >= 15 is 0 Å². The van der Waals surface area contributed by atoms with E-state index in [2.05, 4.69) is 0 Å². The summed E-state index contributed by atoms with van der Waals surface area (Å²) in [6.07, 6.45) is 4.05. The van der Waals surface area contributed by atoms with Gasteiger partial charge in [0.1, 0.15) is 0 Å². The second-order valence-corrected chi connectivity index (χ2v) is 9.16. The summed E-state index contributed by atoms with van der Waals surface area (Å²) in [5.41, 5.74) is 7.74. The highest BCUT2D eigenvalue weighted by Gasteiger charge is 2.28. The van der Waals surface area contributed by atoms with Crippen molar-refractivity contribution < 1.29 is 9.59 Å². The molecule has 4 aromatic rings. The maximum absolute atomic E-state index is 13.2. The second-order valence-electron chi connectivity index (χ2n) is 8.29. The van der Waals surface area contributed by atoms with Crippen LogP contribution in [-0.2, 0) is 0 Å². The molecule has 0 amide bonds. The number of hydrogen-bond acceptors (Lipinski definition) is 2. The van der Waals surface area contributed by atoms with Gasteiger partial charge >= 0.3 is 0 Å². The SMILES string of the molecule is O=C1c2ccccc2/C(=C/C=C2/c3ccccc3C(=O)c3cc(Cl)ccc32)c2ccc(Cl)cc21. The minimum absolute atomic E-state index is 0.0356. The first kappa shape index (κ1) is 20.9. The van der Waals surface area contributed by atoms with Crippen molar-refractivity contribution in [2.75, 3.05) is 0 Å². The summed E-state index contributed by atoms with van der Waals surface area (Å²) in [7, 11) is 0. The first-order valence-electron chi connectivity index (χ1n) is 10.8. The maximum atomic E-state index is 13.2. The van der Waals surface area contributed by atoms with Gasteiger partial charge < -0.3 is 0 Å². The van der Waals surface area contributed by atoms with Crippen LogP contribution in [0.25, 0.3) is 11.1 Å². The average Bonchev–Trinajstić information content (AvgIpc) is 2.86. The van der Waals surface area contributed by atoms with Gasteiger partial charge in [0.15, 0.2) is 11.6 Å². The predicted molar refractivity (Wildman–Crippen MR) is 137 cm³/mol. The molecular weight excluding hydrogens is 463 g/mol. The van der Waals surface area contributed by atoms with Gasteiger partial charge in [-0.25, -0.2) is 0 Å². The summed E-state index contributed by atoms with van der Waals surface area (Å²) in [4.78, 5) is 26.3. The zero-order chi connectivity index (χ0) is 23.4. The molecule has 0 radical (unpaired) electrons. The third-order valence-corrected chi connectivity index (χ3v) is 6.84. The number of halogens is 2. The molecule has 0 heterocycles. The van der Waals surface area contributed by atoms with Crippen LogP contribution in [0.1, 0.15) is 54.1 Å². The molecule has 0 fully saturated rings. The molecule has 0 bridgehead atoms. The van der Waals surface area contributed by atoms with Crippen molar-refractivity contribution in [1.82, 2.24) is 0 Å². The van der Waals surface area contributed by atoms with Crippen molar-refractivity contribution in [3.05, 3.63) is 152 Å². The lowest BCUT2D eigenvalue weighted by molar-refractivity contribution is 0.102. The standard InChI is InChI=1S/C30H16Cl2O2/c31-17-9-11-23-21(19-5-1-3-7-25(19)29(33)27(23)15-17)13-14-22-20-6-2-4-8-26(20)30(34)28-16-18(32)10-12-24(22)28/h1-16H/b21-13-,22-14-. The Morgan fingerprint density at radius 3 is 1.21 bits per heavy atom. The Hall–Kier alpha value is -3.72. The van der Waals surface area contributed by atoms with Crippen LogP contribution in [0.2, 0.25) is 10.0 Å². The van der Waals surface area contributed by atoms with E-state index in [4.69, 9.17) is 23.2 Å². The fraction of sp³-hybridized carbons (Fsp3) is 0. The highest BCUT2D eigenvalue weighted by atomic mass is 35.5. The number of carbonyl (C=O) groups is 2. The lowest BCUT2D eigenvalue weighted by Gasteiger charge is -2.23. The van der Waals surface area contributed by atoms with Crippen molar-refractivity contribution >= 4 is 45.9 Å². The van der Waals surface area contributed by atoms with Crippen molar-refractivity contribution in [2.45, 2.75) is 0 Å². The summed E-state index contributed by atoms with van der Waals surface area (Å²) < 4.78 is 0. The van der Waals surface area contributed by atoms with Gasteiger partial charge in [-0.15, -0.1) is 0 Å². The summed E-state index contributed by atoms with van der Waals surface area (Å²) in [5.74, 6) is -0.0713. The molecule has 4 aromatic carbocycles. The quantitative estimate of drug-likeness (QED) is 0.243. The molecule has 0 saturated heterocycles. The van der Waals surface area contributed by atoms with Crippen molar-refractivity contribution in [3.63, 3.8) is 0 Å². The minimum Gasteiger partial charge on any atom is -0.289 e. The second kappa shape index (κ2) is 7.95. The van der Waals surface area contributed by atoms with Crippen LogP contribution in [-0.4, -0.2) is 11.6 Å². The Labute approximate surface area is 206 Å². The van der Waals surface area contributed by atoms with Gasteiger partial charge in [-0.1, -0.05) is 96.0 Å². The molecule has 0 atom stereocenters. The third kappa shape index (κ3) is 3.19. The van der Waals surface area contributed by atoms with E-state index < -0.39 is 0 Å². The minimum atomic E-state index is -0.0356. The molecule has 0 saturated carbocycles. The molecule has 0 aliphatic heterocycles. The van der Waals surface area contributed by atoms with Gasteiger partial charge in [0, 0.05) is 32.3 Å². The van der Waals surface area contributed by atoms with Gasteiger partial charge in [0.05, 0.1) is 0 Å². The largest absolute Gasteiger partial charge is 0.289 e. The molecule has 0 N–H and O–H groups in total. The van der Waals surface area contributed by atoms with Crippen molar-refractivity contribution in [2.24, 2.45) is 0 Å². The molecule has 162 valence electrons. The molecule has 0 aromatic heterocycles. The van der Waals surface area contributed by atoms with E-state index in [0.29, 0.717) is 32.3 Å². The fourth-order valence-electron chi connectivity index (χ4n) is 4.82. The molecule has 6 rings (SSSR count). The molecule has 0 spiro atoms. The zero-order valence-corrected chi connectivity index (χ0v) is 19.3. The Bertz CT molecular complexity index is 1490. The van der Waals surface area contributed by atoms with E-state index in [-0.39, 0.29) is 11.6 Å². The lowest BCUT2D eigenvalue weighted by Crippen LogP contribution is -2.15. The number of benzene rings is 4. The highest BCUT2D eigenvalue weighted by molar-refractivity contribution is 6.32. The molecule has 2 aliphatic rings. The first-order valence-corrected chi connectivity index (χ1v) is 11.6. The van der Waals surface area contributed by atoms with E-state index in [1.165, 1.54) is 0 Å². The first-order chi connectivity index (χ1) is 16.5. The van der Waals surface area contributed by atoms with Crippen LogP contribution in [0.5, 0.6) is 0 Å². The maximum Gasteiger partial charge on any atom is 0.194 e. The van der Waals surface area contributed by atoms with Gasteiger partial charge in [-0.2, -0.15) is 0 Å². The molecule has 34 heavy (non-hydrogen) atoms. The van der Waals surface area contributed by atoms with Crippen LogP contribution in [0.3, 0.4) is 0 Å². The summed E-state index contributed by atoms with van der Waals surface area (Å²) >= 11 is 12.5. The van der Waals surface area contributed by atoms with Crippen LogP contribution < -0.4 is 0 Å². The molecule has 0 unspecified atom stereocenters. The van der Waals surface area contributed by atoms with E-state index in [1.54, 1.807) is 24.3 Å². The van der Waals surface area contributed by atoms with E-state index in [9.17, 15) is 9.59 Å². The Morgan fingerprint density at radius 1 is 0.441 bits per heavy atom. The Balaban J connectivity index is 1.62. The molecule has 2 nitrogen and oxygen atoms in total. The zero-order valence-electron chi connectivity index (χ0n) is 17.8. The Morgan fingerprint density at radius 2 is 0.794 bits per heavy atom. The third-order valence-electron chi connectivity index (χ3n) is 6.37. The monoisotopic (exact) mass is 478 g/mol. The van der Waals surface area contributed by atoms with Crippen molar-refractivity contribution in [3.8, 4) is 0 Å². The van der Waals surface area contributed by atoms with Crippen LogP contribution in [0.15, 0.2) is 97.1 Å². The molecule has 2 aliphatic carbocycles. The number of rotatable bonds is 1. The van der Waals surface area contributed by atoms with Crippen LogP contribution >= 0.6 is 23.2 Å². The van der Waals surface area contributed by atoms with Gasteiger partial charge in [0.25, 0.3) is 0 Å². The van der Waals surface area contributed by atoms with Gasteiger partial charge in [-0.3, -0.25) is 9.59 Å². The topological polar surface area (TPSA) is 34.1 Å². The lowest BCUT2D eigenvalue weighted by atomic mass is 9.79. The normalized spacial score (nSPS) is 16.2. The predicted octanol–water partition coefficient (Wildman–Crippen LogP) is 7.65. The summed E-state index contributed by atoms with van der Waals surface area (Å²) in [6, 6.07) is 26.0. The highest BCUT2D eigenvalue weighted by Crippen LogP contribution is 2.40. The average molecular weight is 479 g/mol. The van der Waals surface area contributed by atoms with E-state index in [1.807, 2.05) is 72.8 Å². The van der Waals surface area contributed by atoms with Crippen LogP contribution in [0, 0.1) is 0 Å². The van der Waals surface area contributed by atoms with Gasteiger partial charge in [0.2, 0.25) is 0 Å². The number of ketones is 2. The van der Waals surface area contributed by atoms with Gasteiger partial charge in [-0.05, 0) is 57.7 Å². The molecular formula is C30H16Cl2O2. The number of fused-ring (bicyclic) bond motifs is 4. The number of hydrogen-bond donors (Lipinski definition) is 0. The molecule has 4 heteroatoms. The Kier molecular flexibility index (Phi) is 4.88.